The smallest absolute Gasteiger partial charge is 0.268 e. The molecule has 140 valence electrons. The fourth-order valence-electron chi connectivity index (χ4n) is 2.93. The summed E-state index contributed by atoms with van der Waals surface area (Å²) in [5.74, 6) is -0.313. The summed E-state index contributed by atoms with van der Waals surface area (Å²) < 4.78 is 33.6. The first kappa shape index (κ1) is 18.6. The summed E-state index contributed by atoms with van der Waals surface area (Å²) in [6, 6.07) is 10.9. The van der Waals surface area contributed by atoms with Crippen LogP contribution in [0.5, 0.6) is 0 Å². The second kappa shape index (κ2) is 7.61. The van der Waals surface area contributed by atoms with Crippen molar-refractivity contribution in [1.82, 2.24) is 14.2 Å². The largest absolute Gasteiger partial charge is 0.379 e. The van der Waals surface area contributed by atoms with E-state index in [1.807, 2.05) is 37.3 Å². The summed E-state index contributed by atoms with van der Waals surface area (Å²) in [6.45, 7) is 3.30. The number of carbonyl (C=O) groups excluding carboxylic acids is 1. The Morgan fingerprint density at radius 2 is 1.85 bits per heavy atom. The molecule has 2 heterocycles. The van der Waals surface area contributed by atoms with E-state index in [4.69, 9.17) is 4.74 Å². The van der Waals surface area contributed by atoms with Gasteiger partial charge in [-0.3, -0.25) is 4.79 Å². The molecular formula is C18H23N3O4S. The second-order valence-electron chi connectivity index (χ2n) is 6.29. The highest BCUT2D eigenvalue weighted by Gasteiger charge is 2.29. The zero-order valence-electron chi connectivity index (χ0n) is 14.9. The van der Waals surface area contributed by atoms with Crippen molar-refractivity contribution >= 4 is 15.9 Å². The van der Waals surface area contributed by atoms with Crippen molar-refractivity contribution in [2.75, 3.05) is 26.3 Å². The molecule has 1 aromatic heterocycles. The molecule has 1 saturated heterocycles. The van der Waals surface area contributed by atoms with Crippen LogP contribution in [0.4, 0.5) is 0 Å². The Morgan fingerprint density at radius 1 is 1.19 bits per heavy atom. The Hall–Kier alpha value is -2.16. The molecular weight excluding hydrogens is 354 g/mol. The van der Waals surface area contributed by atoms with E-state index in [1.165, 1.54) is 16.6 Å². The van der Waals surface area contributed by atoms with E-state index in [2.05, 4.69) is 5.32 Å². The summed E-state index contributed by atoms with van der Waals surface area (Å²) >= 11 is 0. The Morgan fingerprint density at radius 3 is 2.50 bits per heavy atom. The van der Waals surface area contributed by atoms with Gasteiger partial charge in [-0.1, -0.05) is 30.3 Å². The van der Waals surface area contributed by atoms with E-state index in [0.29, 0.717) is 32.0 Å². The van der Waals surface area contributed by atoms with Crippen LogP contribution in [0, 0.1) is 0 Å². The minimum atomic E-state index is -3.63. The van der Waals surface area contributed by atoms with Gasteiger partial charge in [-0.05, 0) is 18.6 Å². The quantitative estimate of drug-likeness (QED) is 0.857. The van der Waals surface area contributed by atoms with Gasteiger partial charge in [0.2, 0.25) is 10.0 Å². The van der Waals surface area contributed by atoms with Crippen LogP contribution in [0.3, 0.4) is 0 Å². The third-order valence-corrected chi connectivity index (χ3v) is 6.33. The molecule has 7 nitrogen and oxygen atoms in total. The maximum atomic E-state index is 12.7. The number of nitrogens with one attached hydrogen (secondary N) is 1. The molecule has 1 N–H and O–H groups in total. The van der Waals surface area contributed by atoms with Crippen LogP contribution < -0.4 is 5.32 Å². The lowest BCUT2D eigenvalue weighted by Crippen LogP contribution is -2.40. The number of aryl methyl sites for hydroxylation is 1. The third kappa shape index (κ3) is 3.82. The SMILES string of the molecule is C[C@H](NC(=O)c1cc(S(=O)(=O)N2CCOCC2)cn1C)c1ccccc1. The number of nitrogens with zero attached hydrogens (tertiary/aromatic N) is 2. The maximum Gasteiger partial charge on any atom is 0.268 e. The molecule has 1 aliphatic rings. The Labute approximate surface area is 153 Å². The average Bonchev–Trinajstić information content (AvgIpc) is 3.06. The maximum absolute atomic E-state index is 12.7. The molecule has 1 aromatic carbocycles. The summed E-state index contributed by atoms with van der Waals surface area (Å²) in [5.41, 5.74) is 1.29. The highest BCUT2D eigenvalue weighted by molar-refractivity contribution is 7.89. The number of ether oxygens (including phenoxy) is 1. The van der Waals surface area contributed by atoms with Gasteiger partial charge in [-0.2, -0.15) is 4.31 Å². The fourth-order valence-corrected chi connectivity index (χ4v) is 4.41. The van der Waals surface area contributed by atoms with Crippen molar-refractivity contribution in [3.63, 3.8) is 0 Å². The lowest BCUT2D eigenvalue weighted by atomic mass is 10.1. The average molecular weight is 377 g/mol. The lowest BCUT2D eigenvalue weighted by molar-refractivity contribution is 0.0730. The first-order valence-corrected chi connectivity index (χ1v) is 9.93. The van der Waals surface area contributed by atoms with Gasteiger partial charge in [0, 0.05) is 26.3 Å². The summed E-state index contributed by atoms with van der Waals surface area (Å²) in [6.07, 6.45) is 1.48. The van der Waals surface area contributed by atoms with E-state index in [1.54, 1.807) is 11.6 Å². The zero-order valence-corrected chi connectivity index (χ0v) is 15.7. The first-order valence-electron chi connectivity index (χ1n) is 8.49. The molecule has 2 aromatic rings. The molecule has 26 heavy (non-hydrogen) atoms. The van der Waals surface area contributed by atoms with Crippen LogP contribution in [0.2, 0.25) is 0 Å². The summed E-state index contributed by atoms with van der Waals surface area (Å²) in [5, 5.41) is 2.91. The minimum absolute atomic E-state index is 0.124. The highest BCUT2D eigenvalue weighted by atomic mass is 32.2. The molecule has 0 aliphatic carbocycles. The third-order valence-electron chi connectivity index (χ3n) is 4.47. The standard InChI is InChI=1S/C18H23N3O4S/c1-14(15-6-4-3-5-7-15)19-18(22)17-12-16(13-20(17)2)26(23,24)21-8-10-25-11-9-21/h3-7,12-14H,8-11H2,1-2H3,(H,19,22)/t14-/m0/s1. The Balaban J connectivity index is 1.78. The number of aromatic nitrogens is 1. The molecule has 0 spiro atoms. The fraction of sp³-hybridized carbons (Fsp3) is 0.389. The Kier molecular flexibility index (Phi) is 5.45. The van der Waals surface area contributed by atoms with Gasteiger partial charge in [-0.25, -0.2) is 8.42 Å². The number of benzene rings is 1. The van der Waals surface area contributed by atoms with Gasteiger partial charge in [0.15, 0.2) is 0 Å². The van der Waals surface area contributed by atoms with Crippen molar-refractivity contribution < 1.29 is 17.9 Å². The van der Waals surface area contributed by atoms with Crippen molar-refractivity contribution in [2.24, 2.45) is 7.05 Å². The lowest BCUT2D eigenvalue weighted by Gasteiger charge is -2.25. The highest BCUT2D eigenvalue weighted by Crippen LogP contribution is 2.20. The molecule has 1 fully saturated rings. The van der Waals surface area contributed by atoms with Crippen LogP contribution in [-0.4, -0.2) is 49.5 Å². The van der Waals surface area contributed by atoms with E-state index >= 15 is 0 Å². The summed E-state index contributed by atoms with van der Waals surface area (Å²) in [4.78, 5) is 12.7. The normalized spacial score (nSPS) is 17.0. The number of rotatable bonds is 5. The van der Waals surface area contributed by atoms with Gasteiger partial charge in [0.05, 0.1) is 19.3 Å². The van der Waals surface area contributed by atoms with E-state index in [0.717, 1.165) is 5.56 Å². The molecule has 0 radical (unpaired) electrons. The van der Waals surface area contributed by atoms with Gasteiger partial charge in [0.25, 0.3) is 5.91 Å². The molecule has 8 heteroatoms. The van der Waals surface area contributed by atoms with Gasteiger partial charge < -0.3 is 14.6 Å². The molecule has 1 amide bonds. The van der Waals surface area contributed by atoms with Crippen LogP contribution in [0.15, 0.2) is 47.5 Å². The Bertz CT molecular complexity index is 871. The molecule has 1 aliphatic heterocycles. The molecule has 0 bridgehead atoms. The topological polar surface area (TPSA) is 80.6 Å². The van der Waals surface area contributed by atoms with Gasteiger partial charge in [0.1, 0.15) is 10.6 Å². The molecule has 0 saturated carbocycles. The summed E-state index contributed by atoms with van der Waals surface area (Å²) in [7, 11) is -1.96. The van der Waals surface area contributed by atoms with Gasteiger partial charge >= 0.3 is 0 Å². The van der Waals surface area contributed by atoms with Crippen molar-refractivity contribution in [1.29, 1.82) is 0 Å². The van der Waals surface area contributed by atoms with E-state index in [-0.39, 0.29) is 16.8 Å². The number of hydrogen-bond acceptors (Lipinski definition) is 4. The number of amides is 1. The number of hydrogen-bond donors (Lipinski definition) is 1. The van der Waals surface area contributed by atoms with Crippen LogP contribution in [0.25, 0.3) is 0 Å². The first-order chi connectivity index (χ1) is 12.4. The van der Waals surface area contributed by atoms with Crippen molar-refractivity contribution in [3.8, 4) is 0 Å². The van der Waals surface area contributed by atoms with Crippen molar-refractivity contribution in [3.05, 3.63) is 53.9 Å². The van der Waals surface area contributed by atoms with Crippen LogP contribution in [0.1, 0.15) is 29.0 Å². The van der Waals surface area contributed by atoms with Crippen LogP contribution >= 0.6 is 0 Å². The number of carbonyl (C=O) groups is 1. The van der Waals surface area contributed by atoms with E-state index in [9.17, 15) is 13.2 Å². The predicted octanol–water partition coefficient (Wildman–Crippen LogP) is 1.54. The van der Waals surface area contributed by atoms with Crippen molar-refractivity contribution in [2.45, 2.75) is 17.9 Å². The monoisotopic (exact) mass is 377 g/mol. The second-order valence-corrected chi connectivity index (χ2v) is 8.23. The minimum Gasteiger partial charge on any atom is -0.379 e. The zero-order chi connectivity index (χ0) is 18.7. The number of morpholine rings is 1. The molecule has 1 atom stereocenters. The van der Waals surface area contributed by atoms with Gasteiger partial charge in [-0.15, -0.1) is 0 Å². The van der Waals surface area contributed by atoms with Crippen LogP contribution in [-0.2, 0) is 21.8 Å². The number of sulfonamides is 1. The van der Waals surface area contributed by atoms with E-state index < -0.39 is 10.0 Å². The molecule has 0 unspecified atom stereocenters. The predicted molar refractivity (Wildman–Crippen MR) is 97.3 cm³/mol. The molecule has 3 rings (SSSR count).